The topological polar surface area (TPSA) is 569 Å². The summed E-state index contributed by atoms with van der Waals surface area (Å²) in [4.78, 5) is 207. The molecule has 7 rings (SSSR count). The molecule has 36 heteroatoms. The van der Waals surface area contributed by atoms with E-state index in [1.54, 1.807) is 109 Å². The minimum absolute atomic E-state index is 0.000984. The van der Waals surface area contributed by atoms with Crippen molar-refractivity contribution in [3.8, 4) is 0 Å². The first-order valence-electron chi connectivity index (χ1n) is 37.5. The molecule has 24 N–H and O–H groups in total. The van der Waals surface area contributed by atoms with Gasteiger partial charge < -0.3 is 107 Å². The molecule has 0 saturated carbocycles. The van der Waals surface area contributed by atoms with Crippen LogP contribution in [0.4, 0.5) is 0 Å². The molecule has 610 valence electrons. The fourth-order valence-electron chi connectivity index (χ4n) is 12.8. The second-order valence-electron chi connectivity index (χ2n) is 28.6. The average Bonchev–Trinajstić information content (AvgIpc) is 1.76. The van der Waals surface area contributed by atoms with E-state index in [1.807, 2.05) is 36.4 Å². The molecule has 0 spiro atoms. The van der Waals surface area contributed by atoms with Gasteiger partial charge in [-0.25, -0.2) is 0 Å². The van der Waals surface area contributed by atoms with Gasteiger partial charge in [0.05, 0.1) is 25.3 Å². The molecule has 0 bridgehead atoms. The molecule has 4 aromatic carbocycles. The van der Waals surface area contributed by atoms with E-state index in [9.17, 15) is 63.0 Å². The van der Waals surface area contributed by atoms with E-state index < -0.39 is 198 Å². The summed E-state index contributed by atoms with van der Waals surface area (Å²) in [5.74, 6) is -17.5. The molecule has 1 aliphatic heterocycles. The number of aromatic nitrogens is 2. The van der Waals surface area contributed by atoms with Gasteiger partial charge >= 0.3 is 5.97 Å². The number of hydrogen-bond donors (Lipinski definition) is 21. The fraction of sp³-hybridized carbons (Fsp3) is 0.468. The standard InChI is InChI=1S/C77H105N19O16S/c1-7-42(6)65-76(112)92-58(37-97)67(103)85-36-60(98)86-52(24-16-28-82-77(80)81)68(104)91-57(33-62(100)101)70(106)90-56(32-47-35-84-51-22-13-11-20-49(47)51)73(109)94-63(40(2)3)74(110)88-53(23-14-15-27-78)69(105)89-55(31-46-34-83-50-21-12-10-19-48(46)50)72(108)95-64(41(4)5)75(111)93-59(66(79)102)38-113-39-61(99)87-54(71(107)96-65)30-43-25-26-44-17-8-9-18-45(44)29-43/h8-13,17-22,25-26,29,34-35,40-42,52-59,63-65,83-84,97H,7,14-16,23-24,27-28,30-33,36-39,78H2,1-6H3,(H2,79,102)(H,85,103)(H,86,98)(H,87,99)(H,88,110)(H,89,105)(H,90,106)(H,91,104)(H,92,112)(H,93,111)(H,94,109)(H,95,108)(H,96,107)(H,100,101)(H4,80,81,82)/t42-,52-,53-,54+,55-,56+,57-,58-,59-,63+,64-,65-/m0/s1. The molecule has 113 heavy (non-hydrogen) atoms. The smallest absolute Gasteiger partial charge is 0.305 e. The molecule has 6 aromatic rings. The number of guanidine groups is 1. The molecule has 35 nitrogen and oxygen atoms in total. The number of amides is 13. The number of aliphatic hydroxyl groups excluding tert-OH is 1. The highest BCUT2D eigenvalue weighted by atomic mass is 32.2. The fourth-order valence-corrected chi connectivity index (χ4v) is 13.6. The third kappa shape index (κ3) is 26.5. The van der Waals surface area contributed by atoms with Crippen molar-refractivity contribution < 1.29 is 77.3 Å². The minimum atomic E-state index is -1.99. The number of nitrogens with one attached hydrogen (secondary N) is 16. The van der Waals surface area contributed by atoms with Crippen molar-refractivity contribution in [3.05, 3.63) is 120 Å². The molecule has 1 saturated heterocycles. The van der Waals surface area contributed by atoms with Gasteiger partial charge in [0, 0.05) is 65.8 Å². The number of carbonyl (C=O) groups is 14. The monoisotopic (exact) mass is 1580 g/mol. The van der Waals surface area contributed by atoms with Crippen molar-refractivity contribution in [3.63, 3.8) is 0 Å². The zero-order valence-corrected chi connectivity index (χ0v) is 64.8. The number of hydrogen-bond acceptors (Lipinski definition) is 18. The summed E-state index contributed by atoms with van der Waals surface area (Å²) in [5.41, 5.74) is 20.2. The Hall–Kier alpha value is -11.7. The molecule has 13 amide bonds. The number of carbonyl (C=O) groups excluding carboxylic acids is 13. The summed E-state index contributed by atoms with van der Waals surface area (Å²) in [6.45, 7) is 7.95. The Bertz CT molecular complexity index is 4400. The summed E-state index contributed by atoms with van der Waals surface area (Å²) in [6, 6.07) is 9.74. The number of rotatable bonds is 22. The Morgan fingerprint density at radius 2 is 0.991 bits per heavy atom. The van der Waals surface area contributed by atoms with Gasteiger partial charge in [-0.05, 0) is 96.0 Å². The molecule has 0 unspecified atom stereocenters. The number of unbranched alkanes of at least 4 members (excludes halogenated alkanes) is 1. The number of primary amides is 1. The van der Waals surface area contributed by atoms with Gasteiger partial charge in [-0.2, -0.15) is 0 Å². The highest BCUT2D eigenvalue weighted by Gasteiger charge is 2.39. The summed E-state index contributed by atoms with van der Waals surface area (Å²) in [7, 11) is 0. The van der Waals surface area contributed by atoms with Gasteiger partial charge in [0.1, 0.15) is 66.5 Å². The van der Waals surface area contributed by atoms with E-state index in [2.05, 4.69) is 79.1 Å². The summed E-state index contributed by atoms with van der Waals surface area (Å²) in [6.07, 6.45) is 2.06. The van der Waals surface area contributed by atoms with Crippen molar-refractivity contribution >= 4 is 133 Å². The molecule has 12 atom stereocenters. The lowest BCUT2D eigenvalue weighted by Crippen LogP contribution is -2.62. The Morgan fingerprint density at radius 1 is 0.522 bits per heavy atom. The average molecular weight is 1580 g/mol. The van der Waals surface area contributed by atoms with E-state index in [0.29, 0.717) is 44.9 Å². The number of carboxylic acids is 1. The summed E-state index contributed by atoms with van der Waals surface area (Å²) < 4.78 is 0. The van der Waals surface area contributed by atoms with Gasteiger partial charge in [-0.3, -0.25) is 72.5 Å². The van der Waals surface area contributed by atoms with Crippen LogP contribution in [0.3, 0.4) is 0 Å². The third-order valence-corrected chi connectivity index (χ3v) is 20.3. The maximum Gasteiger partial charge on any atom is 0.305 e. The van der Waals surface area contributed by atoms with Crippen LogP contribution in [0, 0.1) is 23.2 Å². The van der Waals surface area contributed by atoms with E-state index >= 15 is 14.4 Å². The van der Waals surface area contributed by atoms with E-state index in [-0.39, 0.29) is 70.2 Å². The van der Waals surface area contributed by atoms with Crippen molar-refractivity contribution in [2.75, 3.05) is 37.7 Å². The van der Waals surface area contributed by atoms with Gasteiger partial charge in [0.25, 0.3) is 0 Å². The van der Waals surface area contributed by atoms with Crippen molar-refractivity contribution in [1.29, 1.82) is 5.41 Å². The third-order valence-electron chi connectivity index (χ3n) is 19.3. The number of benzene rings is 4. The number of aliphatic carboxylic acids is 1. The first kappa shape index (κ1) is 88.6. The van der Waals surface area contributed by atoms with Crippen molar-refractivity contribution in [2.24, 2.45) is 35.0 Å². The number of carboxylic acid groups (broad SMARTS) is 1. The van der Waals surface area contributed by atoms with Gasteiger partial charge in [-0.15, -0.1) is 11.8 Å². The van der Waals surface area contributed by atoms with Crippen LogP contribution in [-0.4, -0.2) is 213 Å². The summed E-state index contributed by atoms with van der Waals surface area (Å²) >= 11 is 0.862. The summed E-state index contributed by atoms with van der Waals surface area (Å²) in [5, 5.41) is 65.1. The van der Waals surface area contributed by atoms with E-state index in [0.717, 1.165) is 22.5 Å². The lowest BCUT2D eigenvalue weighted by atomic mass is 9.96. The number of fused-ring (bicyclic) bond motifs is 3. The van der Waals surface area contributed by atoms with Crippen LogP contribution in [0.25, 0.3) is 32.6 Å². The zero-order valence-electron chi connectivity index (χ0n) is 64.0. The van der Waals surface area contributed by atoms with Crippen molar-refractivity contribution in [2.45, 2.75) is 172 Å². The van der Waals surface area contributed by atoms with E-state index in [4.69, 9.17) is 22.6 Å². The molecule has 0 aliphatic carbocycles. The van der Waals surface area contributed by atoms with Gasteiger partial charge in [0.2, 0.25) is 76.8 Å². The number of thioether (sulfide) groups is 1. The predicted octanol–water partition coefficient (Wildman–Crippen LogP) is -1.27. The van der Waals surface area contributed by atoms with Crippen molar-refractivity contribution in [1.82, 2.24) is 79.1 Å². The maximum absolute atomic E-state index is 15.0. The number of nitrogens with two attached hydrogens (primary N) is 3. The first-order chi connectivity index (χ1) is 53.9. The molecular weight excluding hydrogens is 1480 g/mol. The van der Waals surface area contributed by atoms with Crippen LogP contribution in [0.2, 0.25) is 0 Å². The maximum atomic E-state index is 15.0. The number of H-pyrrole nitrogens is 2. The zero-order chi connectivity index (χ0) is 82.6. The highest BCUT2D eigenvalue weighted by Crippen LogP contribution is 2.24. The lowest BCUT2D eigenvalue weighted by Gasteiger charge is -2.29. The second-order valence-corrected chi connectivity index (χ2v) is 29.7. The normalized spacial score (nSPS) is 23.1. The molecule has 1 fully saturated rings. The molecule has 2 aromatic heterocycles. The molecular formula is C77H105N19O16S. The Kier molecular flexibility index (Phi) is 33.9. The number of aromatic amines is 2. The highest BCUT2D eigenvalue weighted by molar-refractivity contribution is 8.00. The van der Waals surface area contributed by atoms with Crippen LogP contribution in [-0.2, 0) is 86.4 Å². The quantitative estimate of drug-likeness (QED) is 0.0214. The van der Waals surface area contributed by atoms with Crippen LogP contribution in [0.15, 0.2) is 103 Å². The number of para-hydroxylation sites is 2. The van der Waals surface area contributed by atoms with Crippen LogP contribution in [0.5, 0.6) is 0 Å². The SMILES string of the molecule is CC[C@H](C)[C@@H]1NC(=O)[C@@H](Cc2ccc3ccccc3c2)NC(=O)CSC[C@@H](C(N)=O)NC(=O)[C@H](C(C)C)NC(=O)[C@H](Cc2c[nH]c3ccccc23)NC(=O)[C@H](CCCCN)NC(=O)[C@@H](C(C)C)NC(=O)[C@@H](Cc2c[nH]c3ccccc23)NC(=O)[C@H](CC(=O)O)NC(=O)[C@H](CCCNC(=N)N)NC(=O)CNC(=O)[C@H](CO)NC1=O. The molecule has 0 radical (unpaired) electrons. The second kappa shape index (κ2) is 43.2. The Morgan fingerprint density at radius 3 is 1.53 bits per heavy atom. The molecule has 1 aliphatic rings. The largest absolute Gasteiger partial charge is 0.481 e. The minimum Gasteiger partial charge on any atom is -0.481 e. The van der Waals surface area contributed by atoms with Crippen LogP contribution in [0.1, 0.15) is 103 Å². The van der Waals surface area contributed by atoms with E-state index in [1.165, 1.54) is 0 Å². The Labute approximate surface area is 656 Å². The predicted molar refractivity (Wildman–Crippen MR) is 423 cm³/mol. The Balaban J connectivity index is 1.26. The van der Waals surface area contributed by atoms with Crippen LogP contribution < -0.4 is 86.3 Å². The van der Waals surface area contributed by atoms with Gasteiger partial charge in [0.15, 0.2) is 5.96 Å². The first-order valence-corrected chi connectivity index (χ1v) is 38.7. The number of aliphatic hydroxyl groups is 1. The van der Waals surface area contributed by atoms with Crippen LogP contribution >= 0.6 is 11.8 Å². The molecule has 3 heterocycles. The van der Waals surface area contributed by atoms with Gasteiger partial charge in [-0.1, -0.05) is 127 Å². The lowest BCUT2D eigenvalue weighted by molar-refractivity contribution is -0.141.